The number of ether oxygens (including phenoxy) is 1. The molecule has 0 saturated carbocycles. The van der Waals surface area contributed by atoms with E-state index < -0.39 is 5.82 Å². The van der Waals surface area contributed by atoms with Gasteiger partial charge < -0.3 is 10.1 Å². The van der Waals surface area contributed by atoms with Crippen LogP contribution < -0.4 is 10.1 Å². The maximum absolute atomic E-state index is 13.2. The second kappa shape index (κ2) is 5.33. The Bertz CT molecular complexity index is 342. The fourth-order valence-corrected chi connectivity index (χ4v) is 1.42. The number of rotatable bonds is 4. The van der Waals surface area contributed by atoms with Gasteiger partial charge in [0.1, 0.15) is 11.6 Å². The van der Waals surface area contributed by atoms with Gasteiger partial charge in [0.2, 0.25) is 0 Å². The van der Waals surface area contributed by atoms with Crippen LogP contribution in [0.25, 0.3) is 0 Å². The van der Waals surface area contributed by atoms with Crippen LogP contribution in [0.1, 0.15) is 19.4 Å². The molecule has 0 atom stereocenters. The van der Waals surface area contributed by atoms with Crippen LogP contribution in [0.5, 0.6) is 5.75 Å². The van der Waals surface area contributed by atoms with Gasteiger partial charge in [-0.25, -0.2) is 4.39 Å². The summed E-state index contributed by atoms with van der Waals surface area (Å²) in [6.45, 7) is 4.39. The van der Waals surface area contributed by atoms with Crippen LogP contribution in [0.4, 0.5) is 4.39 Å². The largest absolute Gasteiger partial charge is 0.491 e. The number of halogens is 2. The highest BCUT2D eigenvalue weighted by atomic mass is 35.5. The Labute approximate surface area is 94.4 Å². The van der Waals surface area contributed by atoms with Gasteiger partial charge in [-0.3, -0.25) is 0 Å². The summed E-state index contributed by atoms with van der Waals surface area (Å²) in [4.78, 5) is 0. The number of hydrogen-bond acceptors (Lipinski definition) is 2. The normalized spacial score (nSPS) is 10.8. The zero-order chi connectivity index (χ0) is 11.4. The Morgan fingerprint density at radius 1 is 1.47 bits per heavy atom. The van der Waals surface area contributed by atoms with E-state index in [4.69, 9.17) is 16.3 Å². The van der Waals surface area contributed by atoms with E-state index in [1.165, 1.54) is 12.1 Å². The van der Waals surface area contributed by atoms with Crippen LogP contribution in [0.2, 0.25) is 5.02 Å². The van der Waals surface area contributed by atoms with Crippen molar-refractivity contribution in [2.75, 3.05) is 7.05 Å². The molecular formula is C11H15ClFNO. The third-order valence-corrected chi connectivity index (χ3v) is 2.12. The summed E-state index contributed by atoms with van der Waals surface area (Å²) in [5.41, 5.74) is 0.771. The highest BCUT2D eigenvalue weighted by molar-refractivity contribution is 6.30. The van der Waals surface area contributed by atoms with Gasteiger partial charge >= 0.3 is 0 Å². The lowest BCUT2D eigenvalue weighted by Crippen LogP contribution is -2.11. The molecule has 0 fully saturated rings. The lowest BCUT2D eigenvalue weighted by atomic mass is 10.2. The van der Waals surface area contributed by atoms with Crippen molar-refractivity contribution in [1.82, 2.24) is 5.32 Å². The fraction of sp³-hybridized carbons (Fsp3) is 0.455. The zero-order valence-corrected chi connectivity index (χ0v) is 9.86. The molecule has 1 aromatic rings. The van der Waals surface area contributed by atoms with E-state index in [1.54, 1.807) is 7.05 Å². The standard InChI is InChI=1S/C11H15ClFNO/c1-7(2)15-11-5-9(12)10(13)4-8(11)6-14-3/h4-5,7,14H,6H2,1-3H3. The summed E-state index contributed by atoms with van der Waals surface area (Å²) in [7, 11) is 1.80. The van der Waals surface area contributed by atoms with Crippen LogP contribution in [0.15, 0.2) is 12.1 Å². The Morgan fingerprint density at radius 3 is 2.67 bits per heavy atom. The van der Waals surface area contributed by atoms with Crippen LogP contribution in [-0.4, -0.2) is 13.2 Å². The van der Waals surface area contributed by atoms with Crippen molar-refractivity contribution in [3.05, 3.63) is 28.5 Å². The van der Waals surface area contributed by atoms with Crippen molar-refractivity contribution in [3.63, 3.8) is 0 Å². The Kier molecular flexibility index (Phi) is 4.36. The molecule has 2 nitrogen and oxygen atoms in total. The number of hydrogen-bond donors (Lipinski definition) is 1. The van der Waals surface area contributed by atoms with E-state index in [0.29, 0.717) is 12.3 Å². The summed E-state index contributed by atoms with van der Waals surface area (Å²) in [5, 5.41) is 3.04. The van der Waals surface area contributed by atoms with Crippen LogP contribution >= 0.6 is 11.6 Å². The van der Waals surface area contributed by atoms with Gasteiger partial charge in [-0.1, -0.05) is 11.6 Å². The molecule has 0 saturated heterocycles. The minimum atomic E-state index is -0.418. The number of benzene rings is 1. The Morgan fingerprint density at radius 2 is 2.13 bits per heavy atom. The van der Waals surface area contributed by atoms with E-state index in [-0.39, 0.29) is 11.1 Å². The molecule has 0 spiro atoms. The molecule has 0 heterocycles. The average Bonchev–Trinajstić information content (AvgIpc) is 2.13. The first-order chi connectivity index (χ1) is 7.04. The maximum Gasteiger partial charge on any atom is 0.142 e. The Balaban J connectivity index is 3.04. The SMILES string of the molecule is CNCc1cc(F)c(Cl)cc1OC(C)C. The fourth-order valence-electron chi connectivity index (χ4n) is 1.26. The van der Waals surface area contributed by atoms with Crippen molar-refractivity contribution in [1.29, 1.82) is 0 Å². The molecule has 0 aromatic heterocycles. The molecule has 0 aliphatic rings. The number of nitrogens with one attached hydrogen (secondary N) is 1. The molecule has 15 heavy (non-hydrogen) atoms. The molecule has 0 bridgehead atoms. The highest BCUT2D eigenvalue weighted by Crippen LogP contribution is 2.27. The topological polar surface area (TPSA) is 21.3 Å². The maximum atomic E-state index is 13.2. The quantitative estimate of drug-likeness (QED) is 0.860. The van der Waals surface area contributed by atoms with Crippen molar-refractivity contribution in [2.24, 2.45) is 0 Å². The first-order valence-corrected chi connectivity index (χ1v) is 5.21. The highest BCUT2D eigenvalue weighted by Gasteiger charge is 2.10. The lowest BCUT2D eigenvalue weighted by molar-refractivity contribution is 0.239. The van der Waals surface area contributed by atoms with Crippen LogP contribution in [0, 0.1) is 5.82 Å². The molecule has 1 rings (SSSR count). The predicted molar refractivity (Wildman–Crippen MR) is 59.9 cm³/mol. The van der Waals surface area contributed by atoms with Crippen molar-refractivity contribution in [3.8, 4) is 5.75 Å². The molecule has 4 heteroatoms. The second-order valence-corrected chi connectivity index (χ2v) is 3.98. The van der Waals surface area contributed by atoms with Gasteiger partial charge in [0.05, 0.1) is 11.1 Å². The smallest absolute Gasteiger partial charge is 0.142 e. The molecule has 1 aromatic carbocycles. The predicted octanol–water partition coefficient (Wildman–Crippen LogP) is 2.99. The third-order valence-electron chi connectivity index (χ3n) is 1.83. The first-order valence-electron chi connectivity index (χ1n) is 4.83. The molecule has 0 radical (unpaired) electrons. The van der Waals surface area contributed by atoms with Crippen molar-refractivity contribution < 1.29 is 9.13 Å². The van der Waals surface area contributed by atoms with Crippen molar-refractivity contribution in [2.45, 2.75) is 26.5 Å². The van der Waals surface area contributed by atoms with E-state index >= 15 is 0 Å². The van der Waals surface area contributed by atoms with Gasteiger partial charge in [0.25, 0.3) is 0 Å². The molecule has 1 N–H and O–H groups in total. The van der Waals surface area contributed by atoms with Crippen LogP contribution in [0.3, 0.4) is 0 Å². The van der Waals surface area contributed by atoms with E-state index in [9.17, 15) is 4.39 Å². The van der Waals surface area contributed by atoms with Gasteiger partial charge in [0, 0.05) is 18.2 Å². The molecule has 0 unspecified atom stereocenters. The lowest BCUT2D eigenvalue weighted by Gasteiger charge is -2.14. The third kappa shape index (κ3) is 3.36. The summed E-state index contributed by atoms with van der Waals surface area (Å²) in [5.74, 6) is 0.212. The van der Waals surface area contributed by atoms with E-state index in [0.717, 1.165) is 5.56 Å². The van der Waals surface area contributed by atoms with E-state index in [1.807, 2.05) is 13.8 Å². The Hall–Kier alpha value is -0.800. The summed E-state index contributed by atoms with van der Waals surface area (Å²) >= 11 is 5.69. The second-order valence-electron chi connectivity index (χ2n) is 3.57. The van der Waals surface area contributed by atoms with Gasteiger partial charge in [-0.15, -0.1) is 0 Å². The molecule has 84 valence electrons. The van der Waals surface area contributed by atoms with Gasteiger partial charge in [0.15, 0.2) is 0 Å². The van der Waals surface area contributed by atoms with Crippen LogP contribution in [-0.2, 0) is 6.54 Å². The molecular weight excluding hydrogens is 217 g/mol. The minimum Gasteiger partial charge on any atom is -0.491 e. The minimum absolute atomic E-state index is 0.0436. The summed E-state index contributed by atoms with van der Waals surface area (Å²) in [6.07, 6.45) is 0.0436. The average molecular weight is 232 g/mol. The molecule has 0 aliphatic carbocycles. The van der Waals surface area contributed by atoms with Gasteiger partial charge in [-0.2, -0.15) is 0 Å². The zero-order valence-electron chi connectivity index (χ0n) is 9.10. The van der Waals surface area contributed by atoms with Crippen molar-refractivity contribution >= 4 is 11.6 Å². The molecule has 0 aliphatic heterocycles. The summed E-state index contributed by atoms with van der Waals surface area (Å²) in [6, 6.07) is 2.92. The van der Waals surface area contributed by atoms with Gasteiger partial charge in [-0.05, 0) is 27.0 Å². The van der Waals surface area contributed by atoms with E-state index in [2.05, 4.69) is 5.32 Å². The first kappa shape index (κ1) is 12.3. The monoisotopic (exact) mass is 231 g/mol. The summed E-state index contributed by atoms with van der Waals surface area (Å²) < 4.78 is 18.7. The molecule has 0 amide bonds.